The van der Waals surface area contributed by atoms with Gasteiger partial charge in [-0.05, 0) is 13.0 Å². The lowest BCUT2D eigenvalue weighted by atomic mass is 10.2. The van der Waals surface area contributed by atoms with E-state index in [9.17, 15) is 0 Å². The van der Waals surface area contributed by atoms with Crippen molar-refractivity contribution < 1.29 is 0 Å². The van der Waals surface area contributed by atoms with E-state index in [1.807, 2.05) is 11.6 Å². The van der Waals surface area contributed by atoms with Gasteiger partial charge in [0.1, 0.15) is 18.0 Å². The SMILES string of the molecule is CCn1ncnc1CC(N)c1ncccn1. The topological polar surface area (TPSA) is 82.5 Å². The van der Waals surface area contributed by atoms with Crippen LogP contribution in [0.4, 0.5) is 0 Å². The van der Waals surface area contributed by atoms with Crippen molar-refractivity contribution in [3.05, 3.63) is 36.4 Å². The largest absolute Gasteiger partial charge is 0.321 e. The lowest BCUT2D eigenvalue weighted by molar-refractivity contribution is 0.568. The molecule has 84 valence electrons. The van der Waals surface area contributed by atoms with Crippen LogP contribution in [0.15, 0.2) is 24.8 Å². The Balaban J connectivity index is 2.11. The fourth-order valence-electron chi connectivity index (χ4n) is 1.50. The molecule has 0 amide bonds. The second-order valence-electron chi connectivity index (χ2n) is 3.41. The third kappa shape index (κ3) is 2.22. The summed E-state index contributed by atoms with van der Waals surface area (Å²) in [6.07, 6.45) is 5.51. The first-order valence-corrected chi connectivity index (χ1v) is 5.20. The van der Waals surface area contributed by atoms with Gasteiger partial charge in [-0.25, -0.2) is 15.0 Å². The summed E-state index contributed by atoms with van der Waals surface area (Å²) in [5.74, 6) is 1.50. The van der Waals surface area contributed by atoms with Crippen molar-refractivity contribution in [3.63, 3.8) is 0 Å². The maximum Gasteiger partial charge on any atom is 0.145 e. The number of aromatic nitrogens is 5. The van der Waals surface area contributed by atoms with Gasteiger partial charge in [0.05, 0.1) is 6.04 Å². The molecule has 2 rings (SSSR count). The van der Waals surface area contributed by atoms with Crippen LogP contribution in [0.25, 0.3) is 0 Å². The smallest absolute Gasteiger partial charge is 0.145 e. The number of aryl methyl sites for hydroxylation is 1. The van der Waals surface area contributed by atoms with Crippen molar-refractivity contribution in [2.24, 2.45) is 5.73 Å². The molecule has 0 aliphatic carbocycles. The highest BCUT2D eigenvalue weighted by molar-refractivity contribution is 4.99. The van der Waals surface area contributed by atoms with Crippen LogP contribution in [0, 0.1) is 0 Å². The zero-order chi connectivity index (χ0) is 11.4. The number of nitrogens with zero attached hydrogens (tertiary/aromatic N) is 5. The molecule has 16 heavy (non-hydrogen) atoms. The zero-order valence-corrected chi connectivity index (χ0v) is 9.11. The molecule has 2 aromatic rings. The molecular weight excluding hydrogens is 204 g/mol. The molecular formula is C10H14N6. The molecule has 2 aromatic heterocycles. The van der Waals surface area contributed by atoms with Gasteiger partial charge in [0.15, 0.2) is 0 Å². The third-order valence-electron chi connectivity index (χ3n) is 2.32. The van der Waals surface area contributed by atoms with E-state index in [0.717, 1.165) is 12.4 Å². The van der Waals surface area contributed by atoms with Crippen LogP contribution in [-0.2, 0) is 13.0 Å². The summed E-state index contributed by atoms with van der Waals surface area (Å²) >= 11 is 0. The molecule has 1 unspecified atom stereocenters. The summed E-state index contributed by atoms with van der Waals surface area (Å²) in [4.78, 5) is 12.4. The third-order valence-corrected chi connectivity index (χ3v) is 2.32. The van der Waals surface area contributed by atoms with Gasteiger partial charge >= 0.3 is 0 Å². The molecule has 0 fully saturated rings. The highest BCUT2D eigenvalue weighted by Gasteiger charge is 2.13. The molecule has 0 spiro atoms. The van der Waals surface area contributed by atoms with Crippen molar-refractivity contribution in [1.82, 2.24) is 24.7 Å². The minimum absolute atomic E-state index is 0.240. The van der Waals surface area contributed by atoms with Crippen LogP contribution in [0.5, 0.6) is 0 Å². The van der Waals surface area contributed by atoms with Gasteiger partial charge in [0.2, 0.25) is 0 Å². The van der Waals surface area contributed by atoms with Crippen molar-refractivity contribution >= 4 is 0 Å². The van der Waals surface area contributed by atoms with Crippen molar-refractivity contribution in [2.45, 2.75) is 25.9 Å². The Hall–Kier alpha value is -1.82. The normalized spacial score (nSPS) is 12.6. The van der Waals surface area contributed by atoms with Crippen LogP contribution < -0.4 is 5.73 Å². The van der Waals surface area contributed by atoms with E-state index in [0.29, 0.717) is 12.2 Å². The second-order valence-corrected chi connectivity index (χ2v) is 3.41. The average Bonchev–Trinajstić information content (AvgIpc) is 2.77. The highest BCUT2D eigenvalue weighted by Crippen LogP contribution is 2.09. The number of rotatable bonds is 4. The van der Waals surface area contributed by atoms with Crippen LogP contribution in [-0.4, -0.2) is 24.7 Å². The van der Waals surface area contributed by atoms with E-state index in [1.54, 1.807) is 18.5 Å². The first-order valence-electron chi connectivity index (χ1n) is 5.20. The van der Waals surface area contributed by atoms with Gasteiger partial charge in [-0.15, -0.1) is 0 Å². The van der Waals surface area contributed by atoms with Crippen LogP contribution in [0.2, 0.25) is 0 Å². The fourth-order valence-corrected chi connectivity index (χ4v) is 1.50. The molecule has 0 aromatic carbocycles. The molecule has 1 atom stereocenters. The highest BCUT2D eigenvalue weighted by atomic mass is 15.3. The monoisotopic (exact) mass is 218 g/mol. The summed E-state index contributed by atoms with van der Waals surface area (Å²) in [6, 6.07) is 1.53. The zero-order valence-electron chi connectivity index (χ0n) is 9.11. The van der Waals surface area contributed by atoms with Crippen LogP contribution in [0.1, 0.15) is 24.6 Å². The first-order chi connectivity index (χ1) is 7.81. The van der Waals surface area contributed by atoms with E-state index < -0.39 is 0 Å². The molecule has 2 heterocycles. The maximum atomic E-state index is 6.00. The van der Waals surface area contributed by atoms with E-state index in [2.05, 4.69) is 20.1 Å². The molecule has 6 nitrogen and oxygen atoms in total. The lowest BCUT2D eigenvalue weighted by Crippen LogP contribution is -2.19. The Morgan fingerprint density at radius 2 is 2.06 bits per heavy atom. The van der Waals surface area contributed by atoms with Crippen LogP contribution in [0.3, 0.4) is 0 Å². The van der Waals surface area contributed by atoms with Gasteiger partial charge in [0.25, 0.3) is 0 Å². The Bertz CT molecular complexity index is 438. The van der Waals surface area contributed by atoms with Gasteiger partial charge in [-0.1, -0.05) is 0 Å². The Kier molecular flexibility index (Phi) is 3.21. The molecule has 0 aliphatic heterocycles. The summed E-state index contributed by atoms with van der Waals surface area (Å²) in [5.41, 5.74) is 6.00. The predicted molar refractivity (Wildman–Crippen MR) is 58.4 cm³/mol. The van der Waals surface area contributed by atoms with E-state index in [1.165, 1.54) is 6.33 Å². The lowest BCUT2D eigenvalue weighted by Gasteiger charge is -2.09. The van der Waals surface area contributed by atoms with Gasteiger partial charge < -0.3 is 5.73 Å². The predicted octanol–water partition coefficient (Wildman–Crippen LogP) is 0.330. The van der Waals surface area contributed by atoms with Gasteiger partial charge in [-0.3, -0.25) is 4.68 Å². The van der Waals surface area contributed by atoms with Crippen molar-refractivity contribution in [1.29, 1.82) is 0 Å². The number of hydrogen-bond acceptors (Lipinski definition) is 5. The van der Waals surface area contributed by atoms with Gasteiger partial charge in [-0.2, -0.15) is 5.10 Å². The first kappa shape index (κ1) is 10.7. The van der Waals surface area contributed by atoms with Gasteiger partial charge in [0, 0.05) is 25.4 Å². The molecule has 0 saturated heterocycles. The summed E-state index contributed by atoms with van der Waals surface area (Å²) in [6.45, 7) is 2.81. The van der Waals surface area contributed by atoms with E-state index >= 15 is 0 Å². The molecule has 0 aliphatic rings. The molecule has 0 radical (unpaired) electrons. The quantitative estimate of drug-likeness (QED) is 0.799. The summed E-state index contributed by atoms with van der Waals surface area (Å²) in [7, 11) is 0. The number of nitrogens with two attached hydrogens (primary N) is 1. The maximum absolute atomic E-state index is 6.00. The minimum atomic E-state index is -0.240. The summed E-state index contributed by atoms with van der Waals surface area (Å²) in [5, 5.41) is 4.09. The minimum Gasteiger partial charge on any atom is -0.321 e. The van der Waals surface area contributed by atoms with E-state index in [-0.39, 0.29) is 6.04 Å². The Morgan fingerprint density at radius 3 is 2.75 bits per heavy atom. The van der Waals surface area contributed by atoms with Crippen molar-refractivity contribution in [2.75, 3.05) is 0 Å². The standard InChI is InChI=1S/C10H14N6/c1-2-16-9(14-7-15-16)6-8(11)10-12-4-3-5-13-10/h3-5,7-8H,2,6,11H2,1H3. The fraction of sp³-hybridized carbons (Fsp3) is 0.400. The number of hydrogen-bond donors (Lipinski definition) is 1. The summed E-state index contributed by atoms with van der Waals surface area (Å²) < 4.78 is 1.82. The van der Waals surface area contributed by atoms with Crippen molar-refractivity contribution in [3.8, 4) is 0 Å². The average molecular weight is 218 g/mol. The Morgan fingerprint density at radius 1 is 1.31 bits per heavy atom. The van der Waals surface area contributed by atoms with E-state index in [4.69, 9.17) is 5.73 Å². The van der Waals surface area contributed by atoms with Crippen LogP contribution >= 0.6 is 0 Å². The molecule has 0 saturated carbocycles. The Labute approximate surface area is 93.6 Å². The molecule has 6 heteroatoms. The molecule has 0 bridgehead atoms. The molecule has 2 N–H and O–H groups in total. The second kappa shape index (κ2) is 4.80.